The molecule has 0 aliphatic rings. The highest BCUT2D eigenvalue weighted by atomic mass is 32.2. The van der Waals surface area contributed by atoms with E-state index < -0.39 is 31.9 Å². The lowest BCUT2D eigenvalue weighted by atomic mass is 10.3. The van der Waals surface area contributed by atoms with Gasteiger partial charge in [-0.25, -0.2) is 0 Å². The quantitative estimate of drug-likeness (QED) is 0.468. The summed E-state index contributed by atoms with van der Waals surface area (Å²) in [5, 5.41) is 2.48. The molecule has 0 aliphatic heterocycles. The molecular formula is C10H15NO7S2. The minimum atomic E-state index is -4.16. The summed E-state index contributed by atoms with van der Waals surface area (Å²) >= 11 is 0. The highest BCUT2D eigenvalue weighted by molar-refractivity contribution is 7.86. The number of rotatable bonds is 8. The number of ether oxygens (including phenoxy) is 1. The first-order valence-corrected chi connectivity index (χ1v) is 8.75. The van der Waals surface area contributed by atoms with Gasteiger partial charge in [-0.1, -0.05) is 12.1 Å². The van der Waals surface area contributed by atoms with Crippen molar-refractivity contribution >= 4 is 25.9 Å². The van der Waals surface area contributed by atoms with Gasteiger partial charge in [0.1, 0.15) is 11.6 Å². The molecule has 0 amide bonds. The number of benzene rings is 1. The molecule has 3 N–H and O–H groups in total. The summed E-state index contributed by atoms with van der Waals surface area (Å²) in [5.41, 5.74) is 0.344. The monoisotopic (exact) mass is 325 g/mol. The van der Waals surface area contributed by atoms with Crippen LogP contribution in [0.4, 0.5) is 5.69 Å². The Balaban J connectivity index is 2.57. The predicted molar refractivity (Wildman–Crippen MR) is 73.0 cm³/mol. The normalized spacial score (nSPS) is 12.1. The maximum absolute atomic E-state index is 10.6. The Labute approximate surface area is 117 Å². The summed E-state index contributed by atoms with van der Waals surface area (Å²) in [4.78, 5) is 0. The average Bonchev–Trinajstić information content (AvgIpc) is 2.31. The van der Waals surface area contributed by atoms with Crippen molar-refractivity contribution in [3.8, 4) is 5.75 Å². The van der Waals surface area contributed by atoms with E-state index in [1.807, 2.05) is 0 Å². The summed E-state index contributed by atoms with van der Waals surface area (Å²) in [6.07, 6.45) is 0.0888. The van der Waals surface area contributed by atoms with Gasteiger partial charge in [0.15, 0.2) is 0 Å². The lowest BCUT2D eigenvalue weighted by Gasteiger charge is -2.12. The standard InChI is InChI=1S/C10H15NO7S2/c12-19(13,14)7-3-6-18-10-5-2-1-4-9(10)11-8-20(15,16)17/h1-2,4-5,11H,3,6-8H2,(H,12,13,14)(H,15,16,17). The molecule has 0 fully saturated rings. The lowest BCUT2D eigenvalue weighted by Crippen LogP contribution is -2.14. The third kappa shape index (κ3) is 7.28. The van der Waals surface area contributed by atoms with Crippen LogP contribution < -0.4 is 10.1 Å². The Morgan fingerprint density at radius 2 is 1.70 bits per heavy atom. The highest BCUT2D eigenvalue weighted by Gasteiger charge is 2.08. The minimum absolute atomic E-state index is 0.0321. The lowest BCUT2D eigenvalue weighted by molar-refractivity contribution is 0.317. The summed E-state index contributed by atoms with van der Waals surface area (Å²) in [6, 6.07) is 6.39. The molecule has 0 heterocycles. The van der Waals surface area contributed by atoms with Crippen LogP contribution in [0.1, 0.15) is 6.42 Å². The van der Waals surface area contributed by atoms with Crippen LogP contribution in [0.5, 0.6) is 5.75 Å². The van der Waals surface area contributed by atoms with E-state index >= 15 is 0 Å². The van der Waals surface area contributed by atoms with Crippen LogP contribution >= 0.6 is 0 Å². The van der Waals surface area contributed by atoms with Crippen LogP contribution in [-0.2, 0) is 20.2 Å². The molecule has 10 heteroatoms. The van der Waals surface area contributed by atoms with Gasteiger partial charge in [0.05, 0.1) is 18.0 Å². The van der Waals surface area contributed by atoms with E-state index in [0.717, 1.165) is 0 Å². The van der Waals surface area contributed by atoms with Crippen molar-refractivity contribution in [3.63, 3.8) is 0 Å². The van der Waals surface area contributed by atoms with Gasteiger partial charge >= 0.3 is 0 Å². The molecule has 20 heavy (non-hydrogen) atoms. The van der Waals surface area contributed by atoms with E-state index in [9.17, 15) is 16.8 Å². The number of hydrogen-bond acceptors (Lipinski definition) is 6. The molecule has 0 radical (unpaired) electrons. The predicted octanol–water partition coefficient (Wildman–Crippen LogP) is 0.601. The molecule has 1 rings (SSSR count). The molecule has 0 aromatic heterocycles. The molecule has 0 bridgehead atoms. The second-order valence-electron chi connectivity index (χ2n) is 3.89. The van der Waals surface area contributed by atoms with Crippen molar-refractivity contribution < 1.29 is 30.7 Å². The van der Waals surface area contributed by atoms with E-state index in [4.69, 9.17) is 13.8 Å². The highest BCUT2D eigenvalue weighted by Crippen LogP contribution is 2.23. The Morgan fingerprint density at radius 3 is 2.30 bits per heavy atom. The summed E-state index contributed by atoms with van der Waals surface area (Å²) < 4.78 is 64.8. The Morgan fingerprint density at radius 1 is 1.05 bits per heavy atom. The summed E-state index contributed by atoms with van der Waals surface area (Å²) in [7, 11) is -8.19. The zero-order chi connectivity index (χ0) is 15.2. The van der Waals surface area contributed by atoms with Crippen LogP contribution in [0.3, 0.4) is 0 Å². The fraction of sp³-hybridized carbons (Fsp3) is 0.400. The van der Waals surface area contributed by atoms with Crippen LogP contribution in [0.2, 0.25) is 0 Å². The van der Waals surface area contributed by atoms with E-state index in [0.29, 0.717) is 11.4 Å². The van der Waals surface area contributed by atoms with Crippen molar-refractivity contribution in [2.24, 2.45) is 0 Å². The second-order valence-corrected chi connectivity index (χ2v) is 6.91. The first kappa shape index (κ1) is 16.7. The minimum Gasteiger partial charge on any atom is -0.491 e. The largest absolute Gasteiger partial charge is 0.491 e. The molecule has 0 aliphatic carbocycles. The first-order valence-electron chi connectivity index (χ1n) is 5.53. The zero-order valence-electron chi connectivity index (χ0n) is 10.4. The van der Waals surface area contributed by atoms with E-state index in [1.54, 1.807) is 24.3 Å². The van der Waals surface area contributed by atoms with Crippen molar-refractivity contribution in [3.05, 3.63) is 24.3 Å². The molecule has 0 saturated heterocycles. The third-order valence-corrected chi connectivity index (χ3v) is 3.45. The molecule has 0 spiro atoms. The second kappa shape index (κ2) is 6.88. The maximum Gasteiger partial charge on any atom is 0.283 e. The van der Waals surface area contributed by atoms with Gasteiger partial charge in [-0.2, -0.15) is 16.8 Å². The third-order valence-electron chi connectivity index (χ3n) is 2.14. The molecule has 1 aromatic carbocycles. The molecular weight excluding hydrogens is 310 g/mol. The molecule has 114 valence electrons. The van der Waals surface area contributed by atoms with Crippen LogP contribution in [-0.4, -0.2) is 44.2 Å². The fourth-order valence-electron chi connectivity index (χ4n) is 1.33. The molecule has 0 atom stereocenters. The van der Waals surface area contributed by atoms with Crippen molar-refractivity contribution in [1.82, 2.24) is 0 Å². The molecule has 0 unspecified atom stereocenters. The Bertz CT molecular complexity index is 639. The van der Waals surface area contributed by atoms with Gasteiger partial charge < -0.3 is 10.1 Å². The van der Waals surface area contributed by atoms with Gasteiger partial charge in [-0.15, -0.1) is 0 Å². The van der Waals surface area contributed by atoms with Gasteiger partial charge in [-0.05, 0) is 18.6 Å². The topological polar surface area (TPSA) is 130 Å². The van der Waals surface area contributed by atoms with Crippen LogP contribution in [0.15, 0.2) is 24.3 Å². The van der Waals surface area contributed by atoms with Gasteiger partial charge in [0.25, 0.3) is 20.2 Å². The van der Waals surface area contributed by atoms with Crippen LogP contribution in [0.25, 0.3) is 0 Å². The Hall–Kier alpha value is -1.36. The first-order chi connectivity index (χ1) is 9.17. The summed E-state index contributed by atoms with van der Waals surface area (Å²) in [5.74, 6) is -0.780. The number of anilines is 1. The van der Waals surface area contributed by atoms with E-state index in [2.05, 4.69) is 5.32 Å². The molecule has 1 aromatic rings. The van der Waals surface area contributed by atoms with Gasteiger partial charge in [-0.3, -0.25) is 9.11 Å². The average molecular weight is 325 g/mol. The zero-order valence-corrected chi connectivity index (χ0v) is 12.0. The van der Waals surface area contributed by atoms with E-state index in [-0.39, 0.29) is 13.0 Å². The maximum atomic E-state index is 10.6. The van der Waals surface area contributed by atoms with Crippen molar-refractivity contribution in [2.75, 3.05) is 23.6 Å². The SMILES string of the molecule is O=S(=O)(O)CCCOc1ccccc1NCS(=O)(=O)O. The van der Waals surface area contributed by atoms with Gasteiger partial charge in [0, 0.05) is 0 Å². The molecule has 8 nitrogen and oxygen atoms in total. The molecule has 0 saturated carbocycles. The number of hydrogen-bond donors (Lipinski definition) is 3. The fourth-order valence-corrected chi connectivity index (χ4v) is 2.15. The Kier molecular flexibility index (Phi) is 5.74. The van der Waals surface area contributed by atoms with E-state index in [1.165, 1.54) is 0 Å². The summed E-state index contributed by atoms with van der Waals surface area (Å²) in [6.45, 7) is 0.0321. The van der Waals surface area contributed by atoms with Crippen LogP contribution in [0, 0.1) is 0 Å². The van der Waals surface area contributed by atoms with Gasteiger partial charge in [0.2, 0.25) is 0 Å². The number of para-hydroxylation sites is 2. The van der Waals surface area contributed by atoms with Crippen molar-refractivity contribution in [2.45, 2.75) is 6.42 Å². The smallest absolute Gasteiger partial charge is 0.283 e. The van der Waals surface area contributed by atoms with Crippen molar-refractivity contribution in [1.29, 1.82) is 0 Å². The number of nitrogens with one attached hydrogen (secondary N) is 1.